The molecule has 1 heterocycles. The number of hydrogen-bond acceptors (Lipinski definition) is 3. The van der Waals surface area contributed by atoms with Crippen molar-refractivity contribution in [3.63, 3.8) is 0 Å². The largest absolute Gasteiger partial charge is 0.444 e. The van der Waals surface area contributed by atoms with Crippen LogP contribution in [0.2, 0.25) is 0 Å². The van der Waals surface area contributed by atoms with Gasteiger partial charge in [0.05, 0.1) is 6.04 Å². The molecular weight excluding hydrogens is 220 g/mol. The first-order chi connectivity index (χ1) is 7.85. The fourth-order valence-corrected chi connectivity index (χ4v) is 1.49. The minimum absolute atomic E-state index is 0.244. The molecule has 1 aliphatic heterocycles. The summed E-state index contributed by atoms with van der Waals surface area (Å²) in [5, 5.41) is 6.13. The number of carbonyl (C=O) groups is 1. The Hall–Kier alpha value is -1.46. The second-order valence-electron chi connectivity index (χ2n) is 5.05. The summed E-state index contributed by atoms with van der Waals surface area (Å²) < 4.78 is 5.26. The highest BCUT2D eigenvalue weighted by atomic mass is 16.6. The highest BCUT2D eigenvalue weighted by molar-refractivity contribution is 5.80. The number of likely N-dealkylation sites (tertiary alicyclic amines) is 1. The van der Waals surface area contributed by atoms with Gasteiger partial charge in [-0.15, -0.1) is 0 Å². The van der Waals surface area contributed by atoms with Crippen LogP contribution in [0.1, 0.15) is 20.8 Å². The molecule has 0 bridgehead atoms. The van der Waals surface area contributed by atoms with Crippen LogP contribution in [0.15, 0.2) is 4.99 Å². The van der Waals surface area contributed by atoms with Crippen molar-refractivity contribution in [1.82, 2.24) is 15.5 Å². The van der Waals surface area contributed by atoms with E-state index in [0.717, 1.165) is 5.96 Å². The van der Waals surface area contributed by atoms with E-state index in [1.807, 2.05) is 20.8 Å². The zero-order chi connectivity index (χ0) is 13.1. The van der Waals surface area contributed by atoms with Crippen molar-refractivity contribution in [2.24, 2.45) is 4.99 Å². The van der Waals surface area contributed by atoms with Crippen molar-refractivity contribution >= 4 is 12.1 Å². The quantitative estimate of drug-likeness (QED) is 0.516. The molecule has 2 N–H and O–H groups in total. The monoisotopic (exact) mass is 242 g/mol. The number of nitrogens with zero attached hydrogens (tertiary/aromatic N) is 2. The molecule has 0 aromatic rings. The Kier molecular flexibility index (Phi) is 4.20. The molecule has 0 aromatic carbocycles. The van der Waals surface area contributed by atoms with Gasteiger partial charge in [-0.1, -0.05) is 0 Å². The number of amides is 1. The van der Waals surface area contributed by atoms with Gasteiger partial charge in [-0.2, -0.15) is 0 Å². The molecule has 0 aromatic heterocycles. The maximum Gasteiger partial charge on any atom is 0.410 e. The molecule has 6 nitrogen and oxygen atoms in total. The van der Waals surface area contributed by atoms with E-state index < -0.39 is 5.60 Å². The molecule has 0 spiro atoms. The van der Waals surface area contributed by atoms with E-state index in [0.29, 0.717) is 13.1 Å². The topological polar surface area (TPSA) is 66.0 Å². The van der Waals surface area contributed by atoms with Crippen molar-refractivity contribution < 1.29 is 9.53 Å². The second kappa shape index (κ2) is 5.25. The van der Waals surface area contributed by atoms with Crippen molar-refractivity contribution in [3.05, 3.63) is 0 Å². The van der Waals surface area contributed by atoms with Gasteiger partial charge >= 0.3 is 6.09 Å². The standard InChI is InChI=1S/C11H22N4O2/c1-11(2,3)17-10(16)15-6-8(7-15)14-9(12-4)13-5/h8H,6-7H2,1-5H3,(H2,12,13,14). The molecule has 1 aliphatic rings. The van der Waals surface area contributed by atoms with Crippen LogP contribution < -0.4 is 10.6 Å². The minimum atomic E-state index is -0.434. The van der Waals surface area contributed by atoms with E-state index >= 15 is 0 Å². The SMILES string of the molecule is CN=C(NC)NC1CN(C(=O)OC(C)(C)C)C1. The molecule has 17 heavy (non-hydrogen) atoms. The Morgan fingerprint density at radius 2 is 2.00 bits per heavy atom. The van der Waals surface area contributed by atoms with E-state index in [4.69, 9.17) is 4.74 Å². The second-order valence-corrected chi connectivity index (χ2v) is 5.05. The van der Waals surface area contributed by atoms with Crippen LogP contribution in [-0.4, -0.2) is 55.8 Å². The molecule has 1 rings (SSSR count). The summed E-state index contributed by atoms with van der Waals surface area (Å²) in [5.41, 5.74) is -0.434. The summed E-state index contributed by atoms with van der Waals surface area (Å²) >= 11 is 0. The lowest BCUT2D eigenvalue weighted by Crippen LogP contribution is -2.62. The number of rotatable bonds is 1. The van der Waals surface area contributed by atoms with Gasteiger partial charge in [-0.25, -0.2) is 4.79 Å². The van der Waals surface area contributed by atoms with Gasteiger partial charge in [0.15, 0.2) is 5.96 Å². The van der Waals surface area contributed by atoms with Crippen LogP contribution in [-0.2, 0) is 4.74 Å². The minimum Gasteiger partial charge on any atom is -0.444 e. The van der Waals surface area contributed by atoms with Gasteiger partial charge in [0.1, 0.15) is 5.60 Å². The maximum absolute atomic E-state index is 11.6. The van der Waals surface area contributed by atoms with E-state index in [1.165, 1.54) is 0 Å². The summed E-state index contributed by atoms with van der Waals surface area (Å²) in [5.74, 6) is 0.735. The number of ether oxygens (including phenoxy) is 1. The number of aliphatic imine (C=N–C) groups is 1. The highest BCUT2D eigenvalue weighted by Gasteiger charge is 2.33. The van der Waals surface area contributed by atoms with Gasteiger partial charge < -0.3 is 20.3 Å². The first-order valence-electron chi connectivity index (χ1n) is 5.74. The van der Waals surface area contributed by atoms with Crippen LogP contribution in [0.25, 0.3) is 0 Å². The van der Waals surface area contributed by atoms with Crippen molar-refractivity contribution in [2.45, 2.75) is 32.4 Å². The van der Waals surface area contributed by atoms with Gasteiger partial charge in [0, 0.05) is 27.2 Å². The fraction of sp³-hybridized carbons (Fsp3) is 0.818. The Morgan fingerprint density at radius 3 is 2.41 bits per heavy atom. The molecule has 0 saturated carbocycles. The maximum atomic E-state index is 11.6. The Morgan fingerprint density at radius 1 is 1.41 bits per heavy atom. The lowest BCUT2D eigenvalue weighted by atomic mass is 10.1. The van der Waals surface area contributed by atoms with E-state index in [2.05, 4.69) is 15.6 Å². The van der Waals surface area contributed by atoms with Crippen molar-refractivity contribution in [2.75, 3.05) is 27.2 Å². The Balaban J connectivity index is 2.30. The molecule has 0 radical (unpaired) electrons. The number of carbonyl (C=O) groups excluding carboxylic acids is 1. The predicted molar refractivity (Wildman–Crippen MR) is 67.1 cm³/mol. The smallest absolute Gasteiger partial charge is 0.410 e. The molecule has 1 fully saturated rings. The zero-order valence-electron chi connectivity index (χ0n) is 11.2. The molecule has 6 heteroatoms. The first-order valence-corrected chi connectivity index (χ1v) is 5.74. The number of nitrogens with one attached hydrogen (secondary N) is 2. The summed E-state index contributed by atoms with van der Waals surface area (Å²) in [7, 11) is 3.52. The summed E-state index contributed by atoms with van der Waals surface area (Å²) in [6.07, 6.45) is -0.255. The van der Waals surface area contributed by atoms with Crippen LogP contribution in [0.4, 0.5) is 4.79 Å². The van der Waals surface area contributed by atoms with Crippen LogP contribution >= 0.6 is 0 Å². The predicted octanol–water partition coefficient (Wildman–Crippen LogP) is 0.400. The fourth-order valence-electron chi connectivity index (χ4n) is 1.49. The molecule has 0 unspecified atom stereocenters. The molecule has 98 valence electrons. The number of guanidine groups is 1. The van der Waals surface area contributed by atoms with Crippen LogP contribution in [0.3, 0.4) is 0 Å². The summed E-state index contributed by atoms with van der Waals surface area (Å²) in [6, 6.07) is 0.244. The van der Waals surface area contributed by atoms with Crippen LogP contribution in [0, 0.1) is 0 Å². The van der Waals surface area contributed by atoms with Gasteiger partial charge in [0.2, 0.25) is 0 Å². The third-order valence-corrected chi connectivity index (χ3v) is 2.33. The lowest BCUT2D eigenvalue weighted by molar-refractivity contribution is 0.00702. The van der Waals surface area contributed by atoms with E-state index in [1.54, 1.807) is 19.0 Å². The molecule has 1 saturated heterocycles. The number of hydrogen-bond donors (Lipinski definition) is 2. The zero-order valence-corrected chi connectivity index (χ0v) is 11.2. The highest BCUT2D eigenvalue weighted by Crippen LogP contribution is 2.14. The Labute approximate surface area is 102 Å². The summed E-state index contributed by atoms with van der Waals surface area (Å²) in [6.45, 7) is 6.89. The van der Waals surface area contributed by atoms with E-state index in [-0.39, 0.29) is 12.1 Å². The lowest BCUT2D eigenvalue weighted by Gasteiger charge is -2.40. The molecule has 0 aliphatic carbocycles. The molecule has 0 atom stereocenters. The van der Waals surface area contributed by atoms with Gasteiger partial charge in [0.25, 0.3) is 0 Å². The van der Waals surface area contributed by atoms with Crippen LogP contribution in [0.5, 0.6) is 0 Å². The molecular formula is C11H22N4O2. The Bertz CT molecular complexity index is 303. The van der Waals surface area contributed by atoms with E-state index in [9.17, 15) is 4.79 Å². The van der Waals surface area contributed by atoms with Crippen molar-refractivity contribution in [3.8, 4) is 0 Å². The summed E-state index contributed by atoms with van der Waals surface area (Å²) in [4.78, 5) is 17.3. The average Bonchev–Trinajstić information content (AvgIpc) is 2.13. The van der Waals surface area contributed by atoms with Gasteiger partial charge in [-0.05, 0) is 20.8 Å². The molecule has 1 amide bonds. The van der Waals surface area contributed by atoms with Crippen molar-refractivity contribution in [1.29, 1.82) is 0 Å². The third-order valence-electron chi connectivity index (χ3n) is 2.33. The first kappa shape index (κ1) is 13.6. The third kappa shape index (κ3) is 4.13. The average molecular weight is 242 g/mol. The normalized spacial score (nSPS) is 17.5. The van der Waals surface area contributed by atoms with Gasteiger partial charge in [-0.3, -0.25) is 4.99 Å².